The minimum Gasteiger partial charge on any atom is -0.397 e. The second-order valence-electron chi connectivity index (χ2n) is 10.9. The van der Waals surface area contributed by atoms with E-state index in [9.17, 15) is 4.79 Å². The van der Waals surface area contributed by atoms with Crippen molar-refractivity contribution >= 4 is 34.4 Å². The fraction of sp³-hybridized carbons (Fsp3) is 0.206. The highest BCUT2D eigenvalue weighted by Crippen LogP contribution is 2.38. The first kappa shape index (κ1) is 29.3. The van der Waals surface area contributed by atoms with E-state index in [-0.39, 0.29) is 5.60 Å². The van der Waals surface area contributed by atoms with Crippen LogP contribution in [0.15, 0.2) is 97.1 Å². The van der Waals surface area contributed by atoms with Gasteiger partial charge in [0.05, 0.1) is 16.9 Å². The summed E-state index contributed by atoms with van der Waals surface area (Å²) >= 11 is 1.49. The lowest BCUT2D eigenvalue weighted by Crippen LogP contribution is -2.43. The summed E-state index contributed by atoms with van der Waals surface area (Å²) < 4.78 is 6.08. The van der Waals surface area contributed by atoms with Gasteiger partial charge in [0, 0.05) is 37.0 Å². The molecule has 2 heterocycles. The molecule has 0 saturated carbocycles. The van der Waals surface area contributed by atoms with Gasteiger partial charge >= 0.3 is 5.97 Å². The molecule has 0 amide bonds. The SMILES string of the molecule is COC1(c2ccc(C)cc2)CCN(c2ccc(-c3nnc(-c4ccc(C(=O)ON(N)c5ccccc5N)cc4)s3)cc2)CC1. The number of hydrogen-bond acceptors (Lipinski definition) is 10. The molecule has 0 bridgehead atoms. The lowest BCUT2D eigenvalue weighted by atomic mass is 9.83. The first-order valence-electron chi connectivity index (χ1n) is 14.4. The monoisotopic (exact) mass is 606 g/mol. The van der Waals surface area contributed by atoms with Crippen molar-refractivity contribution in [1.82, 2.24) is 10.2 Å². The number of aromatic nitrogens is 2. The maximum atomic E-state index is 12.6. The van der Waals surface area contributed by atoms with Crippen molar-refractivity contribution in [3.63, 3.8) is 0 Å². The number of benzene rings is 4. The molecule has 6 rings (SSSR count). The maximum absolute atomic E-state index is 12.6. The van der Waals surface area contributed by atoms with Crippen LogP contribution >= 0.6 is 11.3 Å². The lowest BCUT2D eigenvalue weighted by Gasteiger charge is -2.42. The highest BCUT2D eigenvalue weighted by molar-refractivity contribution is 7.17. The molecule has 0 aliphatic carbocycles. The average Bonchev–Trinajstić information content (AvgIpc) is 3.56. The Morgan fingerprint density at radius 2 is 1.45 bits per heavy atom. The number of nitrogens with two attached hydrogens (primary N) is 2. The quantitative estimate of drug-likeness (QED) is 0.118. The van der Waals surface area contributed by atoms with Gasteiger partial charge in [-0.25, -0.2) is 10.6 Å². The summed E-state index contributed by atoms with van der Waals surface area (Å²) in [6.07, 6.45) is 1.85. The Balaban J connectivity index is 1.08. The molecule has 44 heavy (non-hydrogen) atoms. The van der Waals surface area contributed by atoms with E-state index in [0.717, 1.165) is 52.2 Å². The molecule has 5 aromatic rings. The predicted molar refractivity (Wildman–Crippen MR) is 175 cm³/mol. The molecular formula is C34H34N6O3S. The number of para-hydroxylation sites is 2. The molecular weight excluding hydrogens is 572 g/mol. The Morgan fingerprint density at radius 3 is 2.05 bits per heavy atom. The second-order valence-corrected chi connectivity index (χ2v) is 11.8. The van der Waals surface area contributed by atoms with Crippen LogP contribution in [0.1, 0.15) is 34.3 Å². The number of methoxy groups -OCH3 is 1. The van der Waals surface area contributed by atoms with E-state index in [2.05, 4.69) is 70.6 Å². The molecule has 1 fully saturated rings. The van der Waals surface area contributed by atoms with E-state index < -0.39 is 5.97 Å². The summed E-state index contributed by atoms with van der Waals surface area (Å²) in [5, 5.41) is 11.3. The first-order chi connectivity index (χ1) is 21.3. The third-order valence-electron chi connectivity index (χ3n) is 8.17. The van der Waals surface area contributed by atoms with E-state index in [1.54, 1.807) is 36.4 Å². The highest BCUT2D eigenvalue weighted by Gasteiger charge is 2.36. The number of aryl methyl sites for hydroxylation is 1. The number of hydrogen-bond donors (Lipinski definition) is 2. The van der Waals surface area contributed by atoms with E-state index in [1.165, 1.54) is 28.2 Å². The van der Waals surface area contributed by atoms with Gasteiger partial charge in [-0.1, -0.05) is 65.4 Å². The maximum Gasteiger partial charge on any atom is 0.365 e. The van der Waals surface area contributed by atoms with Crippen molar-refractivity contribution in [1.29, 1.82) is 0 Å². The highest BCUT2D eigenvalue weighted by atomic mass is 32.1. The third kappa shape index (κ3) is 6.00. The molecule has 0 unspecified atom stereocenters. The fourth-order valence-electron chi connectivity index (χ4n) is 5.49. The topological polar surface area (TPSA) is 120 Å². The Hall–Kier alpha value is -4.77. The van der Waals surface area contributed by atoms with Gasteiger partial charge in [0.2, 0.25) is 0 Å². The standard InChI is InChI=1S/C34H34N6O3S/c1-23-7-15-27(16-8-23)34(42-2)19-21-39(22-20-34)28-17-13-25(14-18-28)32-38-37-31(44-32)24-9-11-26(12-10-24)33(41)43-40(36)30-6-4-3-5-29(30)35/h3-18H,19-22,35-36H2,1-2H3. The van der Waals surface area contributed by atoms with Crippen molar-refractivity contribution < 1.29 is 14.4 Å². The Morgan fingerprint density at radius 1 is 0.864 bits per heavy atom. The van der Waals surface area contributed by atoms with Crippen LogP contribution in [0.5, 0.6) is 0 Å². The number of nitrogens with zero attached hydrogens (tertiary/aromatic N) is 4. The van der Waals surface area contributed by atoms with Gasteiger partial charge in [-0.15, -0.1) is 15.4 Å². The van der Waals surface area contributed by atoms with Crippen molar-refractivity contribution in [3.05, 3.63) is 114 Å². The number of nitrogen functional groups attached to an aromatic ring is 1. The first-order valence-corrected chi connectivity index (χ1v) is 15.2. The number of hydrazine groups is 1. The van der Waals surface area contributed by atoms with Crippen LogP contribution in [-0.2, 0) is 15.2 Å². The Bertz CT molecular complexity index is 1730. The van der Waals surface area contributed by atoms with Crippen LogP contribution < -0.4 is 21.6 Å². The molecule has 224 valence electrons. The van der Waals surface area contributed by atoms with Gasteiger partial charge in [-0.2, -0.15) is 0 Å². The second kappa shape index (κ2) is 12.5. The minimum atomic E-state index is -0.600. The van der Waals surface area contributed by atoms with Gasteiger partial charge in [-0.05, 0) is 73.9 Å². The van der Waals surface area contributed by atoms with E-state index >= 15 is 0 Å². The van der Waals surface area contributed by atoms with Crippen LogP contribution in [0.4, 0.5) is 17.1 Å². The van der Waals surface area contributed by atoms with Gasteiger partial charge in [0.1, 0.15) is 15.7 Å². The molecule has 0 spiro atoms. The van der Waals surface area contributed by atoms with Crippen LogP contribution in [0.2, 0.25) is 0 Å². The summed E-state index contributed by atoms with van der Waals surface area (Å²) in [5.74, 6) is 5.29. The minimum absolute atomic E-state index is 0.243. The number of carbonyl (C=O) groups excluding carboxylic acids is 1. The summed E-state index contributed by atoms with van der Waals surface area (Å²) in [6.45, 7) is 3.94. The van der Waals surface area contributed by atoms with Crippen LogP contribution in [0, 0.1) is 6.92 Å². The van der Waals surface area contributed by atoms with Crippen molar-refractivity contribution in [2.75, 3.05) is 36.0 Å². The molecule has 4 N–H and O–H groups in total. The molecule has 4 aromatic carbocycles. The molecule has 0 radical (unpaired) electrons. The van der Waals surface area contributed by atoms with Gasteiger partial charge in [-0.3, -0.25) is 0 Å². The van der Waals surface area contributed by atoms with Crippen LogP contribution in [-0.4, -0.2) is 36.4 Å². The van der Waals surface area contributed by atoms with E-state index in [1.807, 2.05) is 19.2 Å². The van der Waals surface area contributed by atoms with Gasteiger partial charge in [0.15, 0.2) is 0 Å². The van der Waals surface area contributed by atoms with Gasteiger partial charge in [0.25, 0.3) is 0 Å². The van der Waals surface area contributed by atoms with Crippen molar-refractivity contribution in [3.8, 4) is 21.1 Å². The van der Waals surface area contributed by atoms with Crippen LogP contribution in [0.25, 0.3) is 21.1 Å². The molecule has 10 heteroatoms. The van der Waals surface area contributed by atoms with Crippen LogP contribution in [0.3, 0.4) is 0 Å². The Kier molecular flexibility index (Phi) is 8.30. The summed E-state index contributed by atoms with van der Waals surface area (Å²) in [5.41, 5.74) is 12.3. The summed E-state index contributed by atoms with van der Waals surface area (Å²) in [4.78, 5) is 20.3. The third-order valence-corrected chi connectivity index (χ3v) is 9.19. The van der Waals surface area contributed by atoms with Crippen molar-refractivity contribution in [2.24, 2.45) is 5.84 Å². The van der Waals surface area contributed by atoms with Crippen molar-refractivity contribution in [2.45, 2.75) is 25.4 Å². The van der Waals surface area contributed by atoms with E-state index in [0.29, 0.717) is 16.9 Å². The van der Waals surface area contributed by atoms with Gasteiger partial charge < -0.3 is 20.2 Å². The zero-order valence-corrected chi connectivity index (χ0v) is 25.5. The normalized spacial score (nSPS) is 14.3. The number of carbonyl (C=O) groups is 1. The largest absolute Gasteiger partial charge is 0.397 e. The zero-order valence-electron chi connectivity index (χ0n) is 24.6. The number of piperidine rings is 1. The molecule has 1 aliphatic heterocycles. The fourth-order valence-corrected chi connectivity index (χ4v) is 6.35. The number of rotatable bonds is 8. The predicted octanol–water partition coefficient (Wildman–Crippen LogP) is 6.36. The Labute approximate surface area is 260 Å². The summed E-state index contributed by atoms with van der Waals surface area (Å²) in [6, 6.07) is 31.0. The smallest absolute Gasteiger partial charge is 0.365 e. The molecule has 9 nitrogen and oxygen atoms in total. The molecule has 1 saturated heterocycles. The summed E-state index contributed by atoms with van der Waals surface area (Å²) in [7, 11) is 1.82. The number of ether oxygens (including phenoxy) is 1. The van der Waals surface area contributed by atoms with E-state index in [4.69, 9.17) is 21.2 Å². The molecule has 1 aliphatic rings. The lowest BCUT2D eigenvalue weighted by molar-refractivity contribution is -0.0346. The number of anilines is 3. The average molecular weight is 607 g/mol. The molecule has 0 atom stereocenters. The molecule has 1 aromatic heterocycles. The zero-order chi connectivity index (χ0) is 30.7.